The summed E-state index contributed by atoms with van der Waals surface area (Å²) >= 11 is 0. The second kappa shape index (κ2) is 7.49. The van der Waals surface area contributed by atoms with E-state index in [0.717, 1.165) is 12.1 Å². The van der Waals surface area contributed by atoms with E-state index in [1.54, 1.807) is 36.4 Å². The molecular weight excluding hydrogens is 357 g/mol. The van der Waals surface area contributed by atoms with Gasteiger partial charge in [-0.05, 0) is 42.0 Å². The molecule has 1 amide bonds. The normalized spacial score (nSPS) is 11.2. The van der Waals surface area contributed by atoms with Crippen molar-refractivity contribution in [2.75, 3.05) is 5.32 Å². The lowest BCUT2D eigenvalue weighted by Gasteiger charge is -2.10. The largest absolute Gasteiger partial charge is 0.416 e. The van der Waals surface area contributed by atoms with E-state index in [9.17, 15) is 22.8 Å². The number of halogens is 3. The minimum atomic E-state index is -4.41. The number of carbonyl (C=O) groups excluding carboxylic acids is 1. The Kier molecular flexibility index (Phi) is 5.12. The first-order valence-corrected chi connectivity index (χ1v) is 8.06. The van der Waals surface area contributed by atoms with Gasteiger partial charge in [-0.2, -0.15) is 13.2 Å². The van der Waals surface area contributed by atoms with Crippen molar-refractivity contribution < 1.29 is 18.0 Å². The lowest BCUT2D eigenvalue weighted by Crippen LogP contribution is -2.29. The van der Waals surface area contributed by atoms with Crippen LogP contribution < -0.4 is 10.9 Å². The number of nitrogens with one attached hydrogen (secondary N) is 1. The first kappa shape index (κ1) is 18.4. The number of anilines is 1. The zero-order chi connectivity index (χ0) is 19.4. The van der Waals surface area contributed by atoms with Crippen molar-refractivity contribution in [1.29, 1.82) is 0 Å². The van der Waals surface area contributed by atoms with E-state index in [4.69, 9.17) is 0 Å². The molecule has 0 aliphatic rings. The van der Waals surface area contributed by atoms with Gasteiger partial charge in [-0.1, -0.05) is 30.3 Å². The van der Waals surface area contributed by atoms with Gasteiger partial charge >= 0.3 is 6.18 Å². The molecule has 4 nitrogen and oxygen atoms in total. The molecule has 0 spiro atoms. The number of aromatic nitrogens is 1. The van der Waals surface area contributed by atoms with Crippen molar-refractivity contribution >= 4 is 11.6 Å². The van der Waals surface area contributed by atoms with Gasteiger partial charge in [0, 0.05) is 11.9 Å². The molecule has 0 saturated carbocycles. The number of alkyl halides is 3. The quantitative estimate of drug-likeness (QED) is 0.747. The van der Waals surface area contributed by atoms with Crippen LogP contribution in [0.3, 0.4) is 0 Å². The number of carbonyl (C=O) groups is 1. The number of hydrogen-bond acceptors (Lipinski definition) is 2. The summed E-state index contributed by atoms with van der Waals surface area (Å²) in [7, 11) is 0. The van der Waals surface area contributed by atoms with Crippen LogP contribution in [0, 0.1) is 0 Å². The summed E-state index contributed by atoms with van der Waals surface area (Å²) in [4.78, 5) is 24.9. The number of para-hydroxylation sites is 1. The molecule has 138 valence electrons. The number of hydrogen-bond donors (Lipinski definition) is 1. The molecule has 1 N–H and O–H groups in total. The van der Waals surface area contributed by atoms with Crippen LogP contribution in [0.4, 0.5) is 18.9 Å². The molecule has 0 bridgehead atoms. The molecule has 0 aliphatic heterocycles. The van der Waals surface area contributed by atoms with Crippen molar-refractivity contribution in [1.82, 2.24) is 4.57 Å². The van der Waals surface area contributed by atoms with Gasteiger partial charge in [-0.3, -0.25) is 9.59 Å². The van der Waals surface area contributed by atoms with Crippen LogP contribution in [-0.4, -0.2) is 10.5 Å². The summed E-state index contributed by atoms with van der Waals surface area (Å²) < 4.78 is 39.2. The minimum Gasteiger partial charge on any atom is -0.322 e. The second-order valence-electron chi connectivity index (χ2n) is 5.87. The van der Waals surface area contributed by atoms with E-state index >= 15 is 0 Å². The van der Waals surface area contributed by atoms with Gasteiger partial charge in [0.25, 0.3) is 11.5 Å². The molecule has 0 atom stereocenters. The lowest BCUT2D eigenvalue weighted by atomic mass is 10.1. The summed E-state index contributed by atoms with van der Waals surface area (Å²) in [6.07, 6.45) is -2.93. The molecule has 0 radical (unpaired) electrons. The molecule has 7 heteroatoms. The summed E-state index contributed by atoms with van der Waals surface area (Å²) in [5, 5.41) is 2.64. The van der Waals surface area contributed by atoms with Gasteiger partial charge in [0.2, 0.25) is 0 Å². The fourth-order valence-corrected chi connectivity index (χ4v) is 2.55. The first-order valence-electron chi connectivity index (χ1n) is 8.06. The summed E-state index contributed by atoms with van der Waals surface area (Å²) in [5.74, 6) is -0.548. The maximum absolute atomic E-state index is 12.6. The highest BCUT2D eigenvalue weighted by atomic mass is 19.4. The molecule has 0 unspecified atom stereocenters. The Balaban J connectivity index is 1.81. The Bertz CT molecular complexity index is 994. The predicted molar refractivity (Wildman–Crippen MR) is 95.6 cm³/mol. The average Bonchev–Trinajstić information content (AvgIpc) is 2.64. The van der Waals surface area contributed by atoms with Gasteiger partial charge in [-0.15, -0.1) is 0 Å². The predicted octanol–water partition coefficient (Wildman–Crippen LogP) is 4.17. The molecule has 3 rings (SSSR count). The van der Waals surface area contributed by atoms with Gasteiger partial charge in [-0.25, -0.2) is 0 Å². The van der Waals surface area contributed by atoms with Crippen molar-refractivity contribution in [2.24, 2.45) is 0 Å². The molecule has 2 aromatic carbocycles. The van der Waals surface area contributed by atoms with Crippen LogP contribution in [0.15, 0.2) is 77.7 Å². The van der Waals surface area contributed by atoms with Crippen LogP contribution in [0.2, 0.25) is 0 Å². The molecule has 1 aromatic heterocycles. The molecular formula is C20H15F3N2O2. The molecule has 0 aliphatic carbocycles. The monoisotopic (exact) mass is 372 g/mol. The van der Waals surface area contributed by atoms with E-state index in [1.807, 2.05) is 0 Å². The van der Waals surface area contributed by atoms with Crippen molar-refractivity contribution in [3.05, 3.63) is 100.0 Å². The standard InChI is InChI=1S/C20H15F3N2O2/c21-20(22,23)15-10-8-14(9-11-15)13-25-12-4-7-17(19(25)27)18(26)24-16-5-2-1-3-6-16/h1-12H,13H2,(H,24,26). The number of rotatable bonds is 4. The lowest BCUT2D eigenvalue weighted by molar-refractivity contribution is -0.137. The summed E-state index contributed by atoms with van der Waals surface area (Å²) in [6, 6.07) is 16.2. The van der Waals surface area contributed by atoms with Gasteiger partial charge in [0.1, 0.15) is 5.56 Å². The van der Waals surface area contributed by atoms with Gasteiger partial charge in [0.05, 0.1) is 12.1 Å². The number of amides is 1. The highest BCUT2D eigenvalue weighted by Gasteiger charge is 2.29. The van der Waals surface area contributed by atoms with E-state index < -0.39 is 23.2 Å². The maximum atomic E-state index is 12.6. The summed E-state index contributed by atoms with van der Waals surface area (Å²) in [5.41, 5.74) is -0.251. The van der Waals surface area contributed by atoms with E-state index in [-0.39, 0.29) is 12.1 Å². The topological polar surface area (TPSA) is 51.1 Å². The van der Waals surface area contributed by atoms with Crippen LogP contribution >= 0.6 is 0 Å². The summed E-state index contributed by atoms with van der Waals surface area (Å²) in [6.45, 7) is 0.0590. The number of benzene rings is 2. The Labute approximate surface area is 152 Å². The highest BCUT2D eigenvalue weighted by molar-refractivity contribution is 6.03. The van der Waals surface area contributed by atoms with Gasteiger partial charge in [0.15, 0.2) is 0 Å². The van der Waals surface area contributed by atoms with E-state index in [1.165, 1.54) is 29.0 Å². The highest BCUT2D eigenvalue weighted by Crippen LogP contribution is 2.29. The molecule has 1 heterocycles. The molecule has 0 saturated heterocycles. The number of pyridine rings is 1. The van der Waals surface area contributed by atoms with Gasteiger partial charge < -0.3 is 9.88 Å². The number of nitrogens with zero attached hydrogens (tertiary/aromatic N) is 1. The Hall–Kier alpha value is -3.35. The zero-order valence-corrected chi connectivity index (χ0v) is 14.0. The van der Waals surface area contributed by atoms with Crippen LogP contribution in [0.25, 0.3) is 0 Å². The van der Waals surface area contributed by atoms with Crippen molar-refractivity contribution in [2.45, 2.75) is 12.7 Å². The van der Waals surface area contributed by atoms with Crippen molar-refractivity contribution in [3.63, 3.8) is 0 Å². The van der Waals surface area contributed by atoms with Crippen LogP contribution in [0.5, 0.6) is 0 Å². The first-order chi connectivity index (χ1) is 12.8. The van der Waals surface area contributed by atoms with Crippen LogP contribution in [0.1, 0.15) is 21.5 Å². The third kappa shape index (κ3) is 4.44. The van der Waals surface area contributed by atoms with E-state index in [0.29, 0.717) is 11.3 Å². The SMILES string of the molecule is O=C(Nc1ccccc1)c1cccn(Cc2ccc(C(F)(F)F)cc2)c1=O. The zero-order valence-electron chi connectivity index (χ0n) is 14.0. The smallest absolute Gasteiger partial charge is 0.322 e. The third-order valence-electron chi connectivity index (χ3n) is 3.93. The maximum Gasteiger partial charge on any atom is 0.416 e. The average molecular weight is 372 g/mol. The third-order valence-corrected chi connectivity index (χ3v) is 3.93. The Morgan fingerprint density at radius 1 is 0.926 bits per heavy atom. The molecule has 27 heavy (non-hydrogen) atoms. The minimum absolute atomic E-state index is 0.0479. The second-order valence-corrected chi connectivity index (χ2v) is 5.87. The Morgan fingerprint density at radius 3 is 2.22 bits per heavy atom. The Morgan fingerprint density at radius 2 is 1.59 bits per heavy atom. The molecule has 0 fully saturated rings. The fourth-order valence-electron chi connectivity index (χ4n) is 2.55. The van der Waals surface area contributed by atoms with Crippen LogP contribution in [-0.2, 0) is 12.7 Å². The molecule has 3 aromatic rings. The fraction of sp³-hybridized carbons (Fsp3) is 0.100. The van der Waals surface area contributed by atoms with Crippen molar-refractivity contribution in [3.8, 4) is 0 Å². The van der Waals surface area contributed by atoms with E-state index in [2.05, 4.69) is 5.32 Å².